The summed E-state index contributed by atoms with van der Waals surface area (Å²) >= 11 is 1.42. The molecule has 0 bridgehead atoms. The summed E-state index contributed by atoms with van der Waals surface area (Å²) in [4.78, 5) is 44.2. The molecule has 3 fully saturated rings. The van der Waals surface area contributed by atoms with E-state index >= 15 is 0 Å². The van der Waals surface area contributed by atoms with Crippen molar-refractivity contribution in [2.24, 2.45) is 0 Å². The van der Waals surface area contributed by atoms with E-state index in [0.717, 1.165) is 25.0 Å². The van der Waals surface area contributed by atoms with E-state index in [2.05, 4.69) is 5.32 Å². The first-order valence-electron chi connectivity index (χ1n) is 12.2. The number of nitrogens with one attached hydrogen (secondary N) is 1. The van der Waals surface area contributed by atoms with Gasteiger partial charge in [-0.2, -0.15) is 0 Å². The van der Waals surface area contributed by atoms with Gasteiger partial charge >= 0.3 is 0 Å². The molecule has 0 unspecified atom stereocenters. The minimum Gasteiger partial charge on any atom is -0.376 e. The maximum absolute atomic E-state index is 13.9. The van der Waals surface area contributed by atoms with Crippen LogP contribution in [0.4, 0.5) is 0 Å². The van der Waals surface area contributed by atoms with E-state index in [9.17, 15) is 14.4 Å². The van der Waals surface area contributed by atoms with E-state index in [1.807, 2.05) is 47.5 Å². The fourth-order valence-electron chi connectivity index (χ4n) is 5.26. The fourth-order valence-corrected chi connectivity index (χ4v) is 5.95. The number of likely N-dealkylation sites (tertiary alicyclic amines) is 1. The number of carbonyl (C=O) groups is 3. The largest absolute Gasteiger partial charge is 0.376 e. The highest BCUT2D eigenvalue weighted by atomic mass is 32.1. The molecule has 3 amide bonds. The topological polar surface area (TPSA) is 88.2 Å². The number of hydrogen-bond acceptors (Lipinski definition) is 6. The lowest BCUT2D eigenvalue weighted by Crippen LogP contribution is -2.60. The van der Waals surface area contributed by atoms with E-state index in [-0.39, 0.29) is 30.4 Å². The van der Waals surface area contributed by atoms with Crippen LogP contribution in [0.15, 0.2) is 41.8 Å². The third-order valence-corrected chi connectivity index (χ3v) is 8.11. The minimum atomic E-state index is -0.919. The van der Waals surface area contributed by atoms with Crippen molar-refractivity contribution in [2.45, 2.75) is 50.5 Å². The standard InChI is InChI=1S/C26H31N3O5S/c1-18-6-2-3-8-20(18)24(31)29-21(23(30)27-16-19-7-4-14-33-19)17-34-26(29)10-12-28(13-11-26)25(32)22-9-5-15-35-22/h2-3,5-6,8-9,15,19,21H,4,7,10-14,16-17H2,1H3,(H,27,30)/t19-,21-/m1/s1. The summed E-state index contributed by atoms with van der Waals surface area (Å²) in [6, 6.07) is 10.4. The molecule has 3 saturated heterocycles. The van der Waals surface area contributed by atoms with Gasteiger partial charge in [-0.05, 0) is 42.8 Å². The number of nitrogens with zero attached hydrogens (tertiary/aromatic N) is 2. The SMILES string of the molecule is Cc1ccccc1C(=O)N1[C@@H](C(=O)NC[C@H]2CCCO2)COC12CCN(C(=O)c1cccs1)CC2. The minimum absolute atomic E-state index is 0.00418. The Morgan fingerprint density at radius 1 is 1.11 bits per heavy atom. The van der Waals surface area contributed by atoms with Gasteiger partial charge in [0.05, 0.1) is 17.6 Å². The molecule has 2 aromatic rings. The second kappa shape index (κ2) is 10.1. The lowest BCUT2D eigenvalue weighted by atomic mass is 9.95. The Balaban J connectivity index is 1.36. The van der Waals surface area contributed by atoms with Crippen LogP contribution in [0.5, 0.6) is 0 Å². The van der Waals surface area contributed by atoms with E-state index < -0.39 is 11.8 Å². The van der Waals surface area contributed by atoms with Crippen LogP contribution in [0.3, 0.4) is 0 Å². The van der Waals surface area contributed by atoms with E-state index in [1.165, 1.54) is 11.3 Å². The fraction of sp³-hybridized carbons (Fsp3) is 0.500. The van der Waals surface area contributed by atoms with Crippen molar-refractivity contribution in [1.82, 2.24) is 15.1 Å². The van der Waals surface area contributed by atoms with Crippen LogP contribution in [0, 0.1) is 6.92 Å². The van der Waals surface area contributed by atoms with Crippen molar-refractivity contribution in [2.75, 3.05) is 32.8 Å². The summed E-state index contributed by atoms with van der Waals surface area (Å²) < 4.78 is 11.9. The van der Waals surface area contributed by atoms with Gasteiger partial charge in [0.2, 0.25) is 5.91 Å². The normalized spacial score (nSPS) is 23.6. The van der Waals surface area contributed by atoms with Crippen LogP contribution in [0.2, 0.25) is 0 Å². The average molecular weight is 498 g/mol. The second-order valence-corrected chi connectivity index (χ2v) is 10.4. The number of amides is 3. The zero-order chi connectivity index (χ0) is 24.4. The van der Waals surface area contributed by atoms with Gasteiger partial charge in [0.25, 0.3) is 11.8 Å². The summed E-state index contributed by atoms with van der Waals surface area (Å²) in [6.07, 6.45) is 2.84. The van der Waals surface area contributed by atoms with E-state index in [4.69, 9.17) is 9.47 Å². The molecular weight excluding hydrogens is 466 g/mol. The monoisotopic (exact) mass is 497 g/mol. The molecule has 0 radical (unpaired) electrons. The molecule has 0 aliphatic carbocycles. The number of benzene rings is 1. The molecule has 4 heterocycles. The van der Waals surface area contributed by atoms with Gasteiger partial charge in [0.1, 0.15) is 11.8 Å². The van der Waals surface area contributed by atoms with Crippen molar-refractivity contribution < 1.29 is 23.9 Å². The zero-order valence-electron chi connectivity index (χ0n) is 19.9. The predicted octanol–water partition coefficient (Wildman–Crippen LogP) is 2.83. The molecule has 1 aromatic carbocycles. The summed E-state index contributed by atoms with van der Waals surface area (Å²) in [5.41, 5.74) is 0.493. The van der Waals surface area contributed by atoms with Crippen molar-refractivity contribution in [3.63, 3.8) is 0 Å². The summed E-state index contributed by atoms with van der Waals surface area (Å²) in [5, 5.41) is 4.87. The first kappa shape index (κ1) is 24.0. The number of carbonyl (C=O) groups excluding carboxylic acids is 3. The molecule has 1 spiro atoms. The zero-order valence-corrected chi connectivity index (χ0v) is 20.7. The summed E-state index contributed by atoms with van der Waals surface area (Å²) in [6.45, 7) is 4.09. The molecule has 186 valence electrons. The predicted molar refractivity (Wildman–Crippen MR) is 131 cm³/mol. The van der Waals surface area contributed by atoms with Crippen LogP contribution in [0.25, 0.3) is 0 Å². The van der Waals surface area contributed by atoms with Gasteiger partial charge in [-0.3, -0.25) is 19.3 Å². The molecule has 1 N–H and O–H groups in total. The van der Waals surface area contributed by atoms with Gasteiger partial charge < -0.3 is 19.7 Å². The Morgan fingerprint density at radius 3 is 2.60 bits per heavy atom. The van der Waals surface area contributed by atoms with Crippen LogP contribution >= 0.6 is 11.3 Å². The van der Waals surface area contributed by atoms with Crippen molar-refractivity contribution in [1.29, 1.82) is 0 Å². The number of thiophene rings is 1. The number of rotatable bonds is 5. The first-order valence-corrected chi connectivity index (χ1v) is 13.1. The third kappa shape index (κ3) is 4.72. The number of ether oxygens (including phenoxy) is 2. The number of aryl methyl sites for hydroxylation is 1. The van der Waals surface area contributed by atoms with Crippen LogP contribution in [-0.4, -0.2) is 78.2 Å². The number of piperidine rings is 1. The molecule has 9 heteroatoms. The van der Waals surface area contributed by atoms with Gasteiger partial charge in [-0.1, -0.05) is 24.3 Å². The highest BCUT2D eigenvalue weighted by Crippen LogP contribution is 2.39. The third-order valence-electron chi connectivity index (χ3n) is 7.25. The first-order chi connectivity index (χ1) is 17.0. The molecule has 8 nitrogen and oxygen atoms in total. The highest BCUT2D eigenvalue weighted by Gasteiger charge is 2.54. The molecule has 3 aliphatic rings. The molecule has 0 saturated carbocycles. The molecule has 2 atom stereocenters. The Kier molecular flexibility index (Phi) is 6.91. The summed E-state index contributed by atoms with van der Waals surface area (Å²) in [7, 11) is 0. The second-order valence-electron chi connectivity index (χ2n) is 9.41. The molecule has 1 aromatic heterocycles. The van der Waals surface area contributed by atoms with Gasteiger partial charge in [0, 0.05) is 44.6 Å². The molecular formula is C26H31N3O5S. The Bertz CT molecular complexity index is 1070. The van der Waals surface area contributed by atoms with Gasteiger partial charge in [-0.15, -0.1) is 11.3 Å². The van der Waals surface area contributed by atoms with Crippen molar-refractivity contribution >= 4 is 29.1 Å². The highest BCUT2D eigenvalue weighted by molar-refractivity contribution is 7.12. The number of hydrogen-bond donors (Lipinski definition) is 1. The lowest BCUT2D eigenvalue weighted by molar-refractivity contribution is -0.128. The van der Waals surface area contributed by atoms with Crippen molar-refractivity contribution in [3.8, 4) is 0 Å². The van der Waals surface area contributed by atoms with Crippen LogP contribution < -0.4 is 5.32 Å². The Labute approximate surface area is 209 Å². The quantitative estimate of drug-likeness (QED) is 0.686. The van der Waals surface area contributed by atoms with Crippen LogP contribution in [-0.2, 0) is 14.3 Å². The van der Waals surface area contributed by atoms with E-state index in [1.54, 1.807) is 11.0 Å². The van der Waals surface area contributed by atoms with E-state index in [0.29, 0.717) is 42.9 Å². The summed E-state index contributed by atoms with van der Waals surface area (Å²) in [5.74, 6) is -0.442. The lowest BCUT2D eigenvalue weighted by Gasteiger charge is -2.44. The maximum Gasteiger partial charge on any atom is 0.263 e. The van der Waals surface area contributed by atoms with Gasteiger partial charge in [-0.25, -0.2) is 0 Å². The van der Waals surface area contributed by atoms with Crippen LogP contribution in [0.1, 0.15) is 51.3 Å². The Hall–Kier alpha value is -2.75. The van der Waals surface area contributed by atoms with Crippen molar-refractivity contribution in [3.05, 3.63) is 57.8 Å². The smallest absolute Gasteiger partial charge is 0.263 e. The molecule has 5 rings (SSSR count). The maximum atomic E-state index is 13.9. The Morgan fingerprint density at radius 2 is 1.91 bits per heavy atom. The molecule has 35 heavy (non-hydrogen) atoms. The average Bonchev–Trinajstić information content (AvgIpc) is 3.64. The molecule has 3 aliphatic heterocycles. The van der Waals surface area contributed by atoms with Gasteiger partial charge in [0.15, 0.2) is 0 Å².